The molecule has 0 N–H and O–H groups in total. The highest BCUT2D eigenvalue weighted by Crippen LogP contribution is 2.31. The first-order valence-corrected chi connectivity index (χ1v) is 10.3. The molecule has 4 nitrogen and oxygen atoms in total. The molecule has 0 saturated carbocycles. The van der Waals surface area contributed by atoms with Crippen LogP contribution in [0.1, 0.15) is 17.2 Å². The Labute approximate surface area is 183 Å². The fourth-order valence-electron chi connectivity index (χ4n) is 2.56. The summed E-state index contributed by atoms with van der Waals surface area (Å²) in [5, 5.41) is 0.859. The predicted octanol–water partition coefficient (Wildman–Crippen LogP) is 6.24. The molecule has 3 rings (SSSR count). The van der Waals surface area contributed by atoms with Crippen LogP contribution in [-0.2, 0) is 22.5 Å². The average Bonchev–Trinajstić information content (AvgIpc) is 3.11. The maximum absolute atomic E-state index is 12.6. The van der Waals surface area contributed by atoms with Crippen LogP contribution in [0.2, 0.25) is 10.0 Å². The Morgan fingerprint density at radius 3 is 2.63 bits per heavy atom. The molecule has 140 valence electrons. The molecule has 3 aromatic rings. The van der Waals surface area contributed by atoms with Gasteiger partial charge in [-0.2, -0.15) is 0 Å². The van der Waals surface area contributed by atoms with Crippen molar-refractivity contribution < 1.29 is 9.53 Å². The van der Waals surface area contributed by atoms with Crippen molar-refractivity contribution in [3.05, 3.63) is 85.2 Å². The number of carbonyl (C=O) groups excluding carboxylic acids is 1. The summed E-state index contributed by atoms with van der Waals surface area (Å²) in [5.74, 6) is -0.353. The lowest BCUT2D eigenvalue weighted by Crippen LogP contribution is -2.18. The van der Waals surface area contributed by atoms with Crippen LogP contribution in [0.5, 0.6) is 0 Å². The van der Waals surface area contributed by atoms with Gasteiger partial charge in [0, 0.05) is 26.9 Å². The smallest absolute Gasteiger partial charge is 0.310 e. The Morgan fingerprint density at radius 2 is 1.96 bits per heavy atom. The van der Waals surface area contributed by atoms with E-state index in [0.717, 1.165) is 20.1 Å². The highest BCUT2D eigenvalue weighted by molar-refractivity contribution is 9.11. The van der Waals surface area contributed by atoms with Gasteiger partial charge in [-0.1, -0.05) is 67.2 Å². The molecule has 0 fully saturated rings. The van der Waals surface area contributed by atoms with E-state index >= 15 is 0 Å². The Hall–Kier alpha value is -1.34. The van der Waals surface area contributed by atoms with Gasteiger partial charge in [-0.3, -0.25) is 4.79 Å². The molecule has 1 unspecified atom stereocenters. The number of carbonyl (C=O) groups is 1. The molecular formula is C19H14Br2Cl2N2O2. The van der Waals surface area contributed by atoms with Crippen molar-refractivity contribution >= 4 is 61.0 Å². The van der Waals surface area contributed by atoms with Gasteiger partial charge in [0.05, 0.1) is 29.3 Å². The third-order valence-electron chi connectivity index (χ3n) is 3.85. The summed E-state index contributed by atoms with van der Waals surface area (Å²) in [5.41, 5.74) is 1.61. The minimum Gasteiger partial charge on any atom is -0.455 e. The van der Waals surface area contributed by atoms with Gasteiger partial charge in [0.2, 0.25) is 0 Å². The van der Waals surface area contributed by atoms with Gasteiger partial charge in [0.1, 0.15) is 6.10 Å². The molecule has 8 heteroatoms. The zero-order valence-electron chi connectivity index (χ0n) is 13.9. The second-order valence-electron chi connectivity index (χ2n) is 5.83. The van der Waals surface area contributed by atoms with Crippen LogP contribution in [0.25, 0.3) is 0 Å². The van der Waals surface area contributed by atoms with Crippen molar-refractivity contribution in [2.75, 3.05) is 0 Å². The van der Waals surface area contributed by atoms with Gasteiger partial charge < -0.3 is 9.30 Å². The maximum Gasteiger partial charge on any atom is 0.310 e. The van der Waals surface area contributed by atoms with Crippen LogP contribution < -0.4 is 0 Å². The number of esters is 1. The van der Waals surface area contributed by atoms with Crippen LogP contribution in [0, 0.1) is 0 Å². The quantitative estimate of drug-likeness (QED) is 0.353. The van der Waals surface area contributed by atoms with Crippen molar-refractivity contribution in [2.24, 2.45) is 0 Å². The van der Waals surface area contributed by atoms with Crippen molar-refractivity contribution in [1.82, 2.24) is 9.55 Å². The summed E-state index contributed by atoms with van der Waals surface area (Å²) in [7, 11) is 0. The number of hydrogen-bond acceptors (Lipinski definition) is 3. The molecule has 0 amide bonds. The van der Waals surface area contributed by atoms with E-state index in [0.29, 0.717) is 16.6 Å². The lowest BCUT2D eigenvalue weighted by atomic mass is 10.1. The van der Waals surface area contributed by atoms with E-state index in [4.69, 9.17) is 27.9 Å². The SMILES string of the molecule is O=C(Cc1ccc(Cl)c(Cl)c1)OC(Cn1ccnc1)c1ccc(Br)cc1Br. The lowest BCUT2D eigenvalue weighted by Gasteiger charge is -2.20. The fraction of sp³-hybridized carbons (Fsp3) is 0.158. The Balaban J connectivity index is 1.79. The Bertz CT molecular complexity index is 949. The first-order chi connectivity index (χ1) is 12.9. The molecule has 0 saturated heterocycles. The summed E-state index contributed by atoms with van der Waals surface area (Å²) < 4.78 is 9.45. The van der Waals surface area contributed by atoms with Crippen molar-refractivity contribution in [3.8, 4) is 0 Å². The first kappa shape index (κ1) is 20.4. The molecule has 0 aliphatic rings. The highest BCUT2D eigenvalue weighted by atomic mass is 79.9. The van der Waals surface area contributed by atoms with Gasteiger partial charge in [-0.05, 0) is 29.8 Å². The minimum atomic E-state index is -0.475. The van der Waals surface area contributed by atoms with E-state index < -0.39 is 6.10 Å². The van der Waals surface area contributed by atoms with E-state index in [1.165, 1.54) is 0 Å². The molecule has 1 heterocycles. The molecule has 27 heavy (non-hydrogen) atoms. The summed E-state index contributed by atoms with van der Waals surface area (Å²) in [6.07, 6.45) is 4.83. The minimum absolute atomic E-state index is 0.103. The van der Waals surface area contributed by atoms with Gasteiger partial charge in [-0.15, -0.1) is 0 Å². The summed E-state index contributed by atoms with van der Waals surface area (Å²) in [4.78, 5) is 16.6. The first-order valence-electron chi connectivity index (χ1n) is 7.96. The second kappa shape index (κ2) is 9.24. The maximum atomic E-state index is 12.6. The van der Waals surface area contributed by atoms with E-state index in [-0.39, 0.29) is 12.4 Å². The Kier molecular flexibility index (Phi) is 6.98. The normalized spacial score (nSPS) is 12.0. The fourth-order valence-corrected chi connectivity index (χ4v) is 4.19. The number of aromatic nitrogens is 2. The average molecular weight is 533 g/mol. The molecular weight excluding hydrogens is 519 g/mol. The monoisotopic (exact) mass is 530 g/mol. The third kappa shape index (κ3) is 5.57. The molecule has 0 bridgehead atoms. The summed E-state index contributed by atoms with van der Waals surface area (Å²) >= 11 is 18.9. The predicted molar refractivity (Wildman–Crippen MR) is 113 cm³/mol. The lowest BCUT2D eigenvalue weighted by molar-refractivity contribution is -0.149. The molecule has 1 aromatic heterocycles. The highest BCUT2D eigenvalue weighted by Gasteiger charge is 2.20. The van der Waals surface area contributed by atoms with Crippen LogP contribution in [0.3, 0.4) is 0 Å². The number of nitrogens with zero attached hydrogens (tertiary/aromatic N) is 2. The molecule has 1 atom stereocenters. The van der Waals surface area contributed by atoms with Crippen molar-refractivity contribution in [3.63, 3.8) is 0 Å². The molecule has 2 aromatic carbocycles. The zero-order chi connectivity index (χ0) is 19.4. The van der Waals surface area contributed by atoms with Gasteiger partial charge in [0.25, 0.3) is 0 Å². The third-order valence-corrected chi connectivity index (χ3v) is 5.77. The van der Waals surface area contributed by atoms with E-state index in [2.05, 4.69) is 36.8 Å². The number of ether oxygens (including phenoxy) is 1. The van der Waals surface area contributed by atoms with Gasteiger partial charge in [0.15, 0.2) is 0 Å². The van der Waals surface area contributed by atoms with Crippen molar-refractivity contribution in [2.45, 2.75) is 19.1 Å². The topological polar surface area (TPSA) is 44.1 Å². The van der Waals surface area contributed by atoms with Gasteiger partial charge in [-0.25, -0.2) is 4.98 Å². The molecule has 0 aliphatic heterocycles. The molecule has 0 spiro atoms. The van der Waals surface area contributed by atoms with Crippen LogP contribution in [0.4, 0.5) is 0 Å². The zero-order valence-corrected chi connectivity index (χ0v) is 18.6. The largest absolute Gasteiger partial charge is 0.455 e. The van der Waals surface area contributed by atoms with Crippen LogP contribution in [0.15, 0.2) is 64.1 Å². The summed E-state index contributed by atoms with van der Waals surface area (Å²) in [6, 6.07) is 10.8. The standard InChI is InChI=1S/C19H14Br2Cl2N2O2/c20-13-2-3-14(15(21)9-13)18(10-25-6-5-24-11-25)27-19(26)8-12-1-4-16(22)17(23)7-12/h1-7,9,11,18H,8,10H2. The number of hydrogen-bond donors (Lipinski definition) is 0. The Morgan fingerprint density at radius 1 is 1.15 bits per heavy atom. The molecule has 0 aliphatic carbocycles. The van der Waals surface area contributed by atoms with Gasteiger partial charge >= 0.3 is 5.97 Å². The van der Waals surface area contributed by atoms with Crippen LogP contribution >= 0.6 is 55.1 Å². The van der Waals surface area contributed by atoms with E-state index in [9.17, 15) is 4.79 Å². The number of imidazole rings is 1. The van der Waals surface area contributed by atoms with Crippen molar-refractivity contribution in [1.29, 1.82) is 0 Å². The van der Waals surface area contributed by atoms with E-state index in [1.54, 1.807) is 30.7 Å². The summed E-state index contributed by atoms with van der Waals surface area (Å²) in [6.45, 7) is 0.452. The number of rotatable bonds is 6. The molecule has 0 radical (unpaired) electrons. The number of benzene rings is 2. The second-order valence-corrected chi connectivity index (χ2v) is 8.41. The van der Waals surface area contributed by atoms with Crippen LogP contribution in [-0.4, -0.2) is 15.5 Å². The van der Waals surface area contributed by atoms with E-state index in [1.807, 2.05) is 29.0 Å². The number of halogens is 4.